The van der Waals surface area contributed by atoms with Gasteiger partial charge in [0.1, 0.15) is 0 Å². The third-order valence-electron chi connectivity index (χ3n) is 4.46. The Kier molecular flexibility index (Phi) is 6.26. The average molecular weight is 477 g/mol. The monoisotopic (exact) mass is 477 g/mol. The standard InChI is InChI=1S/C20H16BN7O3S2/c29-10-14(30)18-21-33-20(25-18)26-19-15(31-12-4-6-28-11-24-27-16(28)7-12)8-13(9-23-19)32-17-3-1-2-5-22-17/h1-9,11,14,29-30H,10H2,(H,23,25,26). The molecule has 0 saturated heterocycles. The number of aromatic amines is 1. The molecule has 5 rings (SSSR count). The van der Waals surface area contributed by atoms with Crippen LogP contribution in [0.15, 0.2) is 76.2 Å². The molecule has 1 atom stereocenters. The number of aromatic nitrogens is 6. The van der Waals surface area contributed by atoms with Crippen molar-refractivity contribution in [1.82, 2.24) is 29.5 Å². The van der Waals surface area contributed by atoms with Crippen LogP contribution >= 0.6 is 22.9 Å². The summed E-state index contributed by atoms with van der Waals surface area (Å²) in [6.45, 7) is -0.385. The topological polar surface area (TPSA) is 134 Å². The summed E-state index contributed by atoms with van der Waals surface area (Å²) in [5, 5.41) is 27.7. The van der Waals surface area contributed by atoms with E-state index in [1.165, 1.54) is 22.9 Å². The van der Waals surface area contributed by atoms with Gasteiger partial charge in [0.15, 0.2) is 0 Å². The van der Waals surface area contributed by atoms with Crippen LogP contribution < -0.4 is 9.54 Å². The number of hydrogen-bond donors (Lipinski definition) is 3. The summed E-state index contributed by atoms with van der Waals surface area (Å²) in [5.41, 5.74) is 1.12. The Hall–Kier alpha value is -3.39. The van der Waals surface area contributed by atoms with Crippen molar-refractivity contribution in [3.8, 4) is 11.5 Å². The van der Waals surface area contributed by atoms with Gasteiger partial charge in [0, 0.05) is 0 Å². The molecule has 0 saturated carbocycles. The molecule has 0 aromatic carbocycles. The van der Waals surface area contributed by atoms with Gasteiger partial charge in [0.05, 0.1) is 0 Å². The molecular formula is C20H16BN7O3S2. The third-order valence-corrected chi connectivity index (χ3v) is 6.15. The summed E-state index contributed by atoms with van der Waals surface area (Å²) in [6.07, 6.45) is 7.54. The van der Waals surface area contributed by atoms with Crippen LogP contribution in [0.2, 0.25) is 0 Å². The summed E-state index contributed by atoms with van der Waals surface area (Å²) in [6, 6.07) is 11.1. The second kappa shape index (κ2) is 9.62. The van der Waals surface area contributed by atoms with Gasteiger partial charge >= 0.3 is 196 Å². The van der Waals surface area contributed by atoms with Gasteiger partial charge in [-0.05, 0) is 0 Å². The summed E-state index contributed by atoms with van der Waals surface area (Å²) in [5.74, 6) is 1.34. The van der Waals surface area contributed by atoms with Gasteiger partial charge in [-0.25, -0.2) is 0 Å². The van der Waals surface area contributed by atoms with Gasteiger partial charge in [-0.3, -0.25) is 0 Å². The molecule has 0 spiro atoms. The van der Waals surface area contributed by atoms with Crippen molar-refractivity contribution < 1.29 is 14.9 Å². The van der Waals surface area contributed by atoms with Crippen molar-refractivity contribution in [1.29, 1.82) is 0 Å². The molecule has 13 heteroatoms. The SMILES string of the molecule is OCC(O)c1bs/c(=N\c2ncc(Sc3ccccn3)cc2Oc2ccn3cnnc3c2)[nH]1. The Labute approximate surface area is 195 Å². The summed E-state index contributed by atoms with van der Waals surface area (Å²) < 4.78 is 7.92. The van der Waals surface area contributed by atoms with E-state index in [0.717, 1.165) is 9.92 Å². The normalized spacial score (nSPS) is 12.7. The molecule has 0 aliphatic carbocycles. The number of pyridine rings is 3. The van der Waals surface area contributed by atoms with Crippen LogP contribution in [0.1, 0.15) is 11.7 Å². The van der Waals surface area contributed by atoms with E-state index in [-0.39, 0.29) is 6.61 Å². The van der Waals surface area contributed by atoms with Crippen LogP contribution in [0.5, 0.6) is 11.5 Å². The van der Waals surface area contributed by atoms with E-state index in [4.69, 9.17) is 9.84 Å². The molecule has 3 N–H and O–H groups in total. The van der Waals surface area contributed by atoms with E-state index >= 15 is 0 Å². The second-order valence-corrected chi connectivity index (χ2v) is 8.71. The maximum absolute atomic E-state index is 9.83. The van der Waals surface area contributed by atoms with Crippen molar-refractivity contribution in [3.05, 3.63) is 71.7 Å². The van der Waals surface area contributed by atoms with Crippen LogP contribution in [0.25, 0.3) is 5.65 Å². The van der Waals surface area contributed by atoms with Gasteiger partial charge in [-0.15, -0.1) is 0 Å². The Bertz CT molecular complexity index is 1450. The van der Waals surface area contributed by atoms with Crippen LogP contribution in [0.4, 0.5) is 5.82 Å². The molecule has 33 heavy (non-hydrogen) atoms. The fraction of sp³-hybridized carbons (Fsp3) is 0.100. The number of hydrogen-bond acceptors (Lipinski definition) is 10. The van der Waals surface area contributed by atoms with E-state index in [1.807, 2.05) is 24.3 Å². The number of rotatable bonds is 7. The van der Waals surface area contributed by atoms with E-state index in [0.29, 0.717) is 33.4 Å². The first-order valence-corrected chi connectivity index (χ1v) is 11.4. The first-order chi connectivity index (χ1) is 16.2. The molecule has 0 bridgehead atoms. The molecule has 5 aromatic heterocycles. The van der Waals surface area contributed by atoms with Crippen LogP contribution in [0, 0.1) is 0 Å². The first-order valence-electron chi connectivity index (χ1n) is 9.75. The van der Waals surface area contributed by atoms with Gasteiger partial charge in [-0.2, -0.15) is 0 Å². The van der Waals surface area contributed by atoms with E-state index < -0.39 is 6.10 Å². The molecule has 0 fully saturated rings. The summed E-state index contributed by atoms with van der Waals surface area (Å²) in [7, 11) is 0. The fourth-order valence-electron chi connectivity index (χ4n) is 2.86. The second-order valence-electron chi connectivity index (χ2n) is 6.76. The number of aliphatic hydroxyl groups excluding tert-OH is 2. The molecule has 0 radical (unpaired) electrons. The Balaban J connectivity index is 1.52. The van der Waals surface area contributed by atoms with Gasteiger partial charge < -0.3 is 0 Å². The molecule has 0 amide bonds. The number of fused-ring (bicyclic) bond motifs is 1. The van der Waals surface area contributed by atoms with E-state index in [2.05, 4.69) is 30.1 Å². The molecule has 5 heterocycles. The molecular weight excluding hydrogens is 461 g/mol. The zero-order valence-corrected chi connectivity index (χ0v) is 18.6. The predicted molar refractivity (Wildman–Crippen MR) is 123 cm³/mol. The van der Waals surface area contributed by atoms with E-state index in [1.54, 1.807) is 47.6 Å². The molecule has 0 aliphatic heterocycles. The quantitative estimate of drug-likeness (QED) is 0.326. The van der Waals surface area contributed by atoms with Crippen molar-refractivity contribution in [2.45, 2.75) is 16.0 Å². The Morgan fingerprint density at radius 3 is 3.06 bits per heavy atom. The van der Waals surface area contributed by atoms with Crippen molar-refractivity contribution in [2.75, 3.05) is 6.61 Å². The van der Waals surface area contributed by atoms with Gasteiger partial charge in [0.25, 0.3) is 0 Å². The third kappa shape index (κ3) is 5.01. The summed E-state index contributed by atoms with van der Waals surface area (Å²) in [4.78, 5) is 17.7. The minimum absolute atomic E-state index is 0.352. The number of H-pyrrole nitrogens is 1. The number of nitrogens with one attached hydrogen (secondary N) is 1. The number of nitrogens with zero attached hydrogens (tertiary/aromatic N) is 6. The van der Waals surface area contributed by atoms with Crippen LogP contribution in [0.3, 0.4) is 0 Å². The average Bonchev–Trinajstić information content (AvgIpc) is 3.50. The predicted octanol–water partition coefficient (Wildman–Crippen LogP) is 2.45. The fourth-order valence-corrected chi connectivity index (χ4v) is 4.41. The Morgan fingerprint density at radius 1 is 1.27 bits per heavy atom. The van der Waals surface area contributed by atoms with Gasteiger partial charge in [0.2, 0.25) is 0 Å². The molecule has 10 nitrogen and oxygen atoms in total. The zero-order chi connectivity index (χ0) is 22.6. The molecule has 164 valence electrons. The molecule has 1 unspecified atom stereocenters. The van der Waals surface area contributed by atoms with E-state index in [9.17, 15) is 5.11 Å². The maximum atomic E-state index is 9.83. The molecule has 5 aromatic rings. The van der Waals surface area contributed by atoms with Crippen molar-refractivity contribution >= 4 is 40.6 Å². The van der Waals surface area contributed by atoms with Crippen molar-refractivity contribution in [3.63, 3.8) is 0 Å². The van der Waals surface area contributed by atoms with Crippen LogP contribution in [-0.2, 0) is 0 Å². The Morgan fingerprint density at radius 2 is 2.21 bits per heavy atom. The number of aliphatic hydroxyl groups is 2. The molecule has 0 aliphatic rings. The minimum atomic E-state index is -0.999. The zero-order valence-electron chi connectivity index (χ0n) is 16.9. The first kappa shape index (κ1) is 21.5. The van der Waals surface area contributed by atoms with Gasteiger partial charge in [-0.1, -0.05) is 0 Å². The number of ether oxygens (including phenoxy) is 1. The summed E-state index contributed by atoms with van der Waals surface area (Å²) >= 11 is 2.74. The van der Waals surface area contributed by atoms with Crippen LogP contribution in [-0.4, -0.2) is 52.5 Å². The van der Waals surface area contributed by atoms with Crippen molar-refractivity contribution in [2.24, 2.45) is 4.99 Å².